The van der Waals surface area contributed by atoms with Gasteiger partial charge in [0.15, 0.2) is 0 Å². The Morgan fingerprint density at radius 2 is 1.66 bits per heavy atom. The molecule has 11 heteroatoms. The van der Waals surface area contributed by atoms with Gasteiger partial charge in [-0.2, -0.15) is 0 Å². The molecule has 0 unspecified atom stereocenters. The summed E-state index contributed by atoms with van der Waals surface area (Å²) in [6, 6.07) is 11.9. The number of hydrogen-bond donors (Lipinski definition) is 0. The number of amides is 4. The highest BCUT2D eigenvalue weighted by atomic mass is 19.1. The van der Waals surface area contributed by atoms with E-state index in [0.29, 0.717) is 24.9 Å². The van der Waals surface area contributed by atoms with Gasteiger partial charge in [-0.25, -0.2) is 14.0 Å². The third-order valence-electron chi connectivity index (χ3n) is 7.74. The lowest BCUT2D eigenvalue weighted by molar-refractivity contribution is -0.129. The second-order valence-electron chi connectivity index (χ2n) is 11.7. The Labute approximate surface area is 240 Å². The third kappa shape index (κ3) is 6.40. The van der Waals surface area contributed by atoms with E-state index in [0.717, 1.165) is 37.4 Å². The maximum Gasteiger partial charge on any atom is 0.410 e. The molecule has 4 amide bonds. The molecular weight excluding hydrogens is 529 g/mol. The zero-order valence-corrected chi connectivity index (χ0v) is 24.1. The highest BCUT2D eigenvalue weighted by Gasteiger charge is 2.37. The predicted molar refractivity (Wildman–Crippen MR) is 153 cm³/mol. The SMILES string of the molecule is COc1ccc(CN2C(=O)CCN(c3ccc(N4CC(N5CCN(C(=O)OC(C)(C)C)CC5)C4)cc3F)C2=O)cc1. The van der Waals surface area contributed by atoms with Crippen LogP contribution >= 0.6 is 0 Å². The monoisotopic (exact) mass is 567 g/mol. The van der Waals surface area contributed by atoms with Crippen molar-refractivity contribution in [2.45, 2.75) is 45.4 Å². The zero-order chi connectivity index (χ0) is 29.3. The lowest BCUT2D eigenvalue weighted by Crippen LogP contribution is -2.63. The molecule has 10 nitrogen and oxygen atoms in total. The Morgan fingerprint density at radius 3 is 2.27 bits per heavy atom. The Morgan fingerprint density at radius 1 is 0.976 bits per heavy atom. The Kier molecular flexibility index (Phi) is 8.08. The van der Waals surface area contributed by atoms with Gasteiger partial charge in [0.2, 0.25) is 5.91 Å². The Balaban J connectivity index is 1.16. The number of carbonyl (C=O) groups is 3. The van der Waals surface area contributed by atoms with E-state index < -0.39 is 17.4 Å². The van der Waals surface area contributed by atoms with E-state index in [1.807, 2.05) is 26.8 Å². The van der Waals surface area contributed by atoms with Crippen LogP contribution in [-0.4, -0.2) is 97.3 Å². The van der Waals surface area contributed by atoms with Gasteiger partial charge in [-0.05, 0) is 56.7 Å². The number of anilines is 2. The number of carbonyl (C=O) groups excluding carboxylic acids is 3. The number of benzene rings is 2. The van der Waals surface area contributed by atoms with Gasteiger partial charge in [0.25, 0.3) is 0 Å². The maximum atomic E-state index is 15.4. The molecule has 0 N–H and O–H groups in total. The number of ether oxygens (including phenoxy) is 2. The topological polar surface area (TPSA) is 85.9 Å². The van der Waals surface area contributed by atoms with Crippen LogP contribution in [0.5, 0.6) is 5.75 Å². The lowest BCUT2D eigenvalue weighted by atomic mass is 10.0. The number of halogens is 1. The van der Waals surface area contributed by atoms with Gasteiger partial charge >= 0.3 is 12.1 Å². The van der Waals surface area contributed by atoms with Crippen molar-refractivity contribution in [2.24, 2.45) is 0 Å². The summed E-state index contributed by atoms with van der Waals surface area (Å²) < 4.78 is 26.0. The number of imide groups is 1. The highest BCUT2D eigenvalue weighted by Crippen LogP contribution is 2.31. The third-order valence-corrected chi connectivity index (χ3v) is 7.74. The lowest BCUT2D eigenvalue weighted by Gasteiger charge is -2.49. The molecule has 0 aromatic heterocycles. The van der Waals surface area contributed by atoms with Crippen LogP contribution in [0.15, 0.2) is 42.5 Å². The molecule has 2 aromatic carbocycles. The van der Waals surface area contributed by atoms with Crippen molar-refractivity contribution in [3.05, 3.63) is 53.8 Å². The predicted octanol–water partition coefficient (Wildman–Crippen LogP) is 3.93. The second kappa shape index (κ2) is 11.6. The summed E-state index contributed by atoms with van der Waals surface area (Å²) >= 11 is 0. The average Bonchev–Trinajstić information content (AvgIpc) is 2.91. The van der Waals surface area contributed by atoms with Gasteiger partial charge < -0.3 is 19.3 Å². The van der Waals surface area contributed by atoms with Crippen molar-refractivity contribution in [3.63, 3.8) is 0 Å². The summed E-state index contributed by atoms with van der Waals surface area (Å²) in [5.41, 5.74) is 1.19. The minimum absolute atomic E-state index is 0.110. The molecule has 0 atom stereocenters. The quantitative estimate of drug-likeness (QED) is 0.523. The molecule has 3 fully saturated rings. The summed E-state index contributed by atoms with van der Waals surface area (Å²) in [7, 11) is 1.57. The van der Waals surface area contributed by atoms with E-state index in [1.165, 1.54) is 15.9 Å². The van der Waals surface area contributed by atoms with E-state index in [9.17, 15) is 14.4 Å². The number of hydrogen-bond acceptors (Lipinski definition) is 7. The largest absolute Gasteiger partial charge is 0.497 e. The Hall–Kier alpha value is -3.86. The van der Waals surface area contributed by atoms with Gasteiger partial charge in [0.1, 0.15) is 17.2 Å². The molecule has 220 valence electrons. The molecule has 5 rings (SSSR count). The highest BCUT2D eigenvalue weighted by molar-refractivity contribution is 6.05. The van der Waals surface area contributed by atoms with Crippen LogP contribution in [-0.2, 0) is 16.1 Å². The fraction of sp³-hybridized carbons (Fsp3) is 0.500. The van der Waals surface area contributed by atoms with Gasteiger partial charge in [0, 0.05) is 64.0 Å². The first kappa shape index (κ1) is 28.7. The number of urea groups is 1. The van der Waals surface area contributed by atoms with Crippen LogP contribution in [0.4, 0.5) is 25.4 Å². The molecule has 41 heavy (non-hydrogen) atoms. The van der Waals surface area contributed by atoms with Gasteiger partial charge in [-0.15, -0.1) is 0 Å². The number of methoxy groups -OCH3 is 1. The first-order valence-electron chi connectivity index (χ1n) is 14.0. The molecule has 2 aromatic rings. The number of rotatable bonds is 6. The van der Waals surface area contributed by atoms with E-state index in [2.05, 4.69) is 9.80 Å². The molecule has 0 radical (unpaired) electrons. The van der Waals surface area contributed by atoms with Crippen LogP contribution in [0.2, 0.25) is 0 Å². The molecule has 3 aliphatic heterocycles. The molecule has 0 aliphatic carbocycles. The summed E-state index contributed by atoms with van der Waals surface area (Å²) in [4.78, 5) is 46.9. The molecule has 0 spiro atoms. The van der Waals surface area contributed by atoms with E-state index in [1.54, 1.807) is 42.3 Å². The smallest absolute Gasteiger partial charge is 0.410 e. The molecule has 0 saturated carbocycles. The van der Waals surface area contributed by atoms with Crippen molar-refractivity contribution in [1.29, 1.82) is 0 Å². The summed E-state index contributed by atoms with van der Waals surface area (Å²) in [5, 5.41) is 0. The summed E-state index contributed by atoms with van der Waals surface area (Å²) in [6.07, 6.45) is -0.152. The molecule has 3 aliphatic rings. The van der Waals surface area contributed by atoms with E-state index >= 15 is 4.39 Å². The van der Waals surface area contributed by atoms with Crippen molar-refractivity contribution in [2.75, 3.05) is 62.7 Å². The minimum Gasteiger partial charge on any atom is -0.497 e. The normalized spacial score (nSPS) is 19.0. The molecule has 0 bridgehead atoms. The minimum atomic E-state index is -0.529. The van der Waals surface area contributed by atoms with Crippen molar-refractivity contribution in [1.82, 2.24) is 14.7 Å². The van der Waals surface area contributed by atoms with Crippen molar-refractivity contribution >= 4 is 29.4 Å². The molecule has 3 saturated heterocycles. The van der Waals surface area contributed by atoms with Crippen LogP contribution < -0.4 is 14.5 Å². The maximum absolute atomic E-state index is 15.4. The van der Waals surface area contributed by atoms with E-state index in [-0.39, 0.29) is 37.2 Å². The first-order valence-corrected chi connectivity index (χ1v) is 14.0. The zero-order valence-electron chi connectivity index (χ0n) is 24.1. The van der Waals surface area contributed by atoms with Crippen LogP contribution in [0.3, 0.4) is 0 Å². The summed E-state index contributed by atoms with van der Waals surface area (Å²) in [6.45, 7) is 10.1. The average molecular weight is 568 g/mol. The standard InChI is InChI=1S/C30H38FN5O5/c1-30(2,3)41-29(39)33-15-13-32(14-16-33)23-19-34(20-23)22-7-10-26(25(31)17-22)35-12-11-27(37)36(28(35)38)18-21-5-8-24(40-4)9-6-21/h5-10,17,23H,11-16,18-20H2,1-4H3. The number of piperazine rings is 1. The second-order valence-corrected chi connectivity index (χ2v) is 11.7. The van der Waals surface area contributed by atoms with Crippen LogP contribution in [0.1, 0.15) is 32.8 Å². The summed E-state index contributed by atoms with van der Waals surface area (Å²) in [5.74, 6) is -0.0928. The van der Waals surface area contributed by atoms with Gasteiger partial charge in [-0.3, -0.25) is 19.5 Å². The van der Waals surface area contributed by atoms with Crippen LogP contribution in [0, 0.1) is 5.82 Å². The van der Waals surface area contributed by atoms with Gasteiger partial charge in [0.05, 0.1) is 19.3 Å². The molecular formula is C30H38FN5O5. The number of nitrogens with zero attached hydrogens (tertiary/aromatic N) is 5. The van der Waals surface area contributed by atoms with Crippen molar-refractivity contribution in [3.8, 4) is 5.75 Å². The van der Waals surface area contributed by atoms with E-state index in [4.69, 9.17) is 9.47 Å². The fourth-order valence-corrected chi connectivity index (χ4v) is 5.39. The van der Waals surface area contributed by atoms with Gasteiger partial charge in [-0.1, -0.05) is 12.1 Å². The molecule has 3 heterocycles. The van der Waals surface area contributed by atoms with Crippen molar-refractivity contribution < 1.29 is 28.2 Å². The Bertz CT molecular complexity index is 1280. The fourth-order valence-electron chi connectivity index (χ4n) is 5.39. The first-order chi connectivity index (χ1) is 19.5. The van der Waals surface area contributed by atoms with Crippen LogP contribution in [0.25, 0.3) is 0 Å².